The summed E-state index contributed by atoms with van der Waals surface area (Å²) in [5.74, 6) is -0.916. The standard InChI is InChI=1S/C12H13BrFNO2/c1-7-11(4-5-17-7)15-12(16)9-3-2-8(13)6-10(9)14/h2-3,6-7,11H,4-5H2,1H3,(H,15,16). The highest BCUT2D eigenvalue weighted by atomic mass is 79.9. The Bertz CT molecular complexity index is 439. The van der Waals surface area contributed by atoms with Gasteiger partial charge in [-0.1, -0.05) is 15.9 Å². The molecular formula is C12H13BrFNO2. The van der Waals surface area contributed by atoms with Crippen molar-refractivity contribution in [3.63, 3.8) is 0 Å². The molecule has 3 nitrogen and oxygen atoms in total. The van der Waals surface area contributed by atoms with E-state index >= 15 is 0 Å². The fraction of sp³-hybridized carbons (Fsp3) is 0.417. The van der Waals surface area contributed by atoms with E-state index in [4.69, 9.17) is 4.74 Å². The summed E-state index contributed by atoms with van der Waals surface area (Å²) in [4.78, 5) is 11.9. The quantitative estimate of drug-likeness (QED) is 0.911. The van der Waals surface area contributed by atoms with Crippen LogP contribution in [0.2, 0.25) is 0 Å². The van der Waals surface area contributed by atoms with Gasteiger partial charge in [0, 0.05) is 11.1 Å². The Labute approximate surface area is 107 Å². The fourth-order valence-electron chi connectivity index (χ4n) is 1.84. The molecule has 2 rings (SSSR count). The predicted octanol–water partition coefficient (Wildman–Crippen LogP) is 2.50. The Morgan fingerprint density at radius 2 is 2.35 bits per heavy atom. The summed E-state index contributed by atoms with van der Waals surface area (Å²) in [6.07, 6.45) is 0.753. The number of carbonyl (C=O) groups excluding carboxylic acids is 1. The SMILES string of the molecule is CC1OCCC1NC(=O)c1ccc(Br)cc1F. The molecule has 1 aliphatic rings. The third-order valence-corrected chi connectivity index (χ3v) is 3.36. The second-order valence-electron chi connectivity index (χ2n) is 4.07. The van der Waals surface area contributed by atoms with Crippen LogP contribution < -0.4 is 5.32 Å². The van der Waals surface area contributed by atoms with Crippen LogP contribution in [-0.4, -0.2) is 24.7 Å². The highest BCUT2D eigenvalue weighted by Crippen LogP contribution is 2.17. The summed E-state index contributed by atoms with van der Waals surface area (Å²) in [5.41, 5.74) is 0.0623. The summed E-state index contributed by atoms with van der Waals surface area (Å²) >= 11 is 3.15. The van der Waals surface area contributed by atoms with E-state index in [0.29, 0.717) is 11.1 Å². The lowest BCUT2D eigenvalue weighted by Gasteiger charge is -2.16. The maximum atomic E-state index is 13.5. The number of hydrogen-bond acceptors (Lipinski definition) is 2. The summed E-state index contributed by atoms with van der Waals surface area (Å²) in [7, 11) is 0. The molecule has 1 saturated heterocycles. The van der Waals surface area contributed by atoms with Crippen LogP contribution in [-0.2, 0) is 4.74 Å². The molecule has 1 aliphatic heterocycles. The van der Waals surface area contributed by atoms with Gasteiger partial charge in [-0.3, -0.25) is 4.79 Å². The minimum atomic E-state index is -0.525. The van der Waals surface area contributed by atoms with Gasteiger partial charge in [-0.05, 0) is 31.5 Å². The minimum absolute atomic E-state index is 0.0162. The number of amides is 1. The van der Waals surface area contributed by atoms with Crippen molar-refractivity contribution >= 4 is 21.8 Å². The first-order valence-corrected chi connectivity index (χ1v) is 6.25. The highest BCUT2D eigenvalue weighted by Gasteiger charge is 2.26. The van der Waals surface area contributed by atoms with Crippen LogP contribution in [0.1, 0.15) is 23.7 Å². The van der Waals surface area contributed by atoms with Gasteiger partial charge in [0.1, 0.15) is 5.82 Å². The number of carbonyl (C=O) groups is 1. The number of rotatable bonds is 2. The molecule has 2 unspecified atom stereocenters. The Morgan fingerprint density at radius 1 is 1.59 bits per heavy atom. The number of hydrogen-bond donors (Lipinski definition) is 1. The lowest BCUT2D eigenvalue weighted by atomic mass is 10.1. The zero-order chi connectivity index (χ0) is 12.4. The monoisotopic (exact) mass is 301 g/mol. The average molecular weight is 302 g/mol. The summed E-state index contributed by atoms with van der Waals surface area (Å²) < 4.78 is 19.5. The molecule has 92 valence electrons. The van der Waals surface area contributed by atoms with Gasteiger partial charge >= 0.3 is 0 Å². The third kappa shape index (κ3) is 2.84. The minimum Gasteiger partial charge on any atom is -0.376 e. The molecule has 0 spiro atoms. The van der Waals surface area contributed by atoms with Gasteiger partial charge in [0.25, 0.3) is 5.91 Å². The molecular weight excluding hydrogens is 289 g/mol. The first-order chi connectivity index (χ1) is 8.08. The maximum absolute atomic E-state index is 13.5. The van der Waals surface area contributed by atoms with Crippen LogP contribution in [0, 0.1) is 5.82 Å². The van der Waals surface area contributed by atoms with Gasteiger partial charge in [-0.15, -0.1) is 0 Å². The molecule has 0 aromatic heterocycles. The van der Waals surface area contributed by atoms with Crippen molar-refractivity contribution in [1.29, 1.82) is 0 Å². The van der Waals surface area contributed by atoms with E-state index in [1.807, 2.05) is 6.92 Å². The van der Waals surface area contributed by atoms with E-state index in [9.17, 15) is 9.18 Å². The first kappa shape index (κ1) is 12.5. The zero-order valence-corrected chi connectivity index (χ0v) is 11.0. The molecule has 1 heterocycles. The van der Waals surface area contributed by atoms with Crippen molar-refractivity contribution in [2.45, 2.75) is 25.5 Å². The van der Waals surface area contributed by atoms with Crippen LogP contribution in [0.4, 0.5) is 4.39 Å². The van der Waals surface area contributed by atoms with E-state index < -0.39 is 11.7 Å². The zero-order valence-electron chi connectivity index (χ0n) is 9.37. The second kappa shape index (κ2) is 5.14. The first-order valence-electron chi connectivity index (χ1n) is 5.45. The lowest BCUT2D eigenvalue weighted by Crippen LogP contribution is -2.39. The molecule has 5 heteroatoms. The third-order valence-electron chi connectivity index (χ3n) is 2.87. The van der Waals surface area contributed by atoms with E-state index in [2.05, 4.69) is 21.2 Å². The van der Waals surface area contributed by atoms with Crippen molar-refractivity contribution in [2.24, 2.45) is 0 Å². The normalized spacial score (nSPS) is 23.7. The van der Waals surface area contributed by atoms with E-state index in [-0.39, 0.29) is 17.7 Å². The number of halogens is 2. The number of benzene rings is 1. The highest BCUT2D eigenvalue weighted by molar-refractivity contribution is 9.10. The largest absolute Gasteiger partial charge is 0.376 e. The Morgan fingerprint density at radius 3 is 2.94 bits per heavy atom. The fourth-order valence-corrected chi connectivity index (χ4v) is 2.17. The molecule has 0 radical (unpaired) electrons. The summed E-state index contributed by atoms with van der Waals surface area (Å²) in [5, 5.41) is 2.79. The van der Waals surface area contributed by atoms with Crippen molar-refractivity contribution in [3.05, 3.63) is 34.1 Å². The van der Waals surface area contributed by atoms with Gasteiger partial charge in [0.2, 0.25) is 0 Å². The molecule has 1 aromatic carbocycles. The molecule has 17 heavy (non-hydrogen) atoms. The molecule has 0 saturated carbocycles. The van der Waals surface area contributed by atoms with Gasteiger partial charge in [-0.2, -0.15) is 0 Å². The number of nitrogens with one attached hydrogen (secondary N) is 1. The molecule has 1 aromatic rings. The van der Waals surface area contributed by atoms with Gasteiger partial charge in [0.05, 0.1) is 17.7 Å². The van der Waals surface area contributed by atoms with Crippen LogP contribution in [0.25, 0.3) is 0 Å². The van der Waals surface area contributed by atoms with Crippen molar-refractivity contribution < 1.29 is 13.9 Å². The van der Waals surface area contributed by atoms with Crippen LogP contribution in [0.5, 0.6) is 0 Å². The second-order valence-corrected chi connectivity index (χ2v) is 4.98. The van der Waals surface area contributed by atoms with Crippen molar-refractivity contribution in [2.75, 3.05) is 6.61 Å². The molecule has 1 N–H and O–H groups in total. The van der Waals surface area contributed by atoms with Crippen LogP contribution >= 0.6 is 15.9 Å². The average Bonchev–Trinajstić information content (AvgIpc) is 2.64. The molecule has 2 atom stereocenters. The van der Waals surface area contributed by atoms with Crippen LogP contribution in [0.15, 0.2) is 22.7 Å². The van der Waals surface area contributed by atoms with Gasteiger partial charge < -0.3 is 10.1 Å². The molecule has 1 amide bonds. The van der Waals surface area contributed by atoms with E-state index in [1.165, 1.54) is 12.1 Å². The van der Waals surface area contributed by atoms with E-state index in [0.717, 1.165) is 6.42 Å². The smallest absolute Gasteiger partial charge is 0.254 e. The topological polar surface area (TPSA) is 38.3 Å². The molecule has 0 aliphatic carbocycles. The van der Waals surface area contributed by atoms with Crippen LogP contribution in [0.3, 0.4) is 0 Å². The number of ether oxygens (including phenoxy) is 1. The van der Waals surface area contributed by atoms with Gasteiger partial charge in [0.15, 0.2) is 0 Å². The maximum Gasteiger partial charge on any atom is 0.254 e. The van der Waals surface area contributed by atoms with Gasteiger partial charge in [-0.25, -0.2) is 4.39 Å². The summed E-state index contributed by atoms with van der Waals surface area (Å²) in [6, 6.07) is 4.36. The Balaban J connectivity index is 2.09. The van der Waals surface area contributed by atoms with E-state index in [1.54, 1.807) is 6.07 Å². The lowest BCUT2D eigenvalue weighted by molar-refractivity contribution is 0.0862. The molecule has 0 bridgehead atoms. The molecule has 1 fully saturated rings. The Hall–Kier alpha value is -0.940. The van der Waals surface area contributed by atoms with Crippen molar-refractivity contribution in [1.82, 2.24) is 5.32 Å². The van der Waals surface area contributed by atoms with Crippen molar-refractivity contribution in [3.8, 4) is 0 Å². The Kier molecular flexibility index (Phi) is 3.79. The predicted molar refractivity (Wildman–Crippen MR) is 65.4 cm³/mol. The summed E-state index contributed by atoms with van der Waals surface area (Å²) in [6.45, 7) is 2.53.